The van der Waals surface area contributed by atoms with Crippen molar-refractivity contribution in [3.8, 4) is 0 Å². The highest BCUT2D eigenvalue weighted by Crippen LogP contribution is 2.33. The van der Waals surface area contributed by atoms with Gasteiger partial charge in [0.2, 0.25) is 10.0 Å². The number of aryl methyl sites for hydroxylation is 2. The van der Waals surface area contributed by atoms with Gasteiger partial charge in [-0.25, -0.2) is 8.42 Å². The molecule has 2 atom stereocenters. The summed E-state index contributed by atoms with van der Waals surface area (Å²) in [4.78, 5) is 0.536. The Labute approximate surface area is 146 Å². The third-order valence-electron chi connectivity index (χ3n) is 5.51. The molecule has 2 heterocycles. The normalized spacial score (nSPS) is 25.0. The minimum absolute atomic E-state index is 0. The van der Waals surface area contributed by atoms with E-state index in [1.54, 1.807) is 4.31 Å². The fourth-order valence-electron chi connectivity index (χ4n) is 3.93. The lowest BCUT2D eigenvalue weighted by molar-refractivity contribution is 0.247. The zero-order valence-corrected chi connectivity index (χ0v) is 16.0. The van der Waals surface area contributed by atoms with Gasteiger partial charge in [0.15, 0.2) is 0 Å². The lowest BCUT2D eigenvalue weighted by Crippen LogP contribution is -2.47. The van der Waals surface area contributed by atoms with Crippen LogP contribution in [0, 0.1) is 33.6 Å². The number of rotatable bonds is 2. The van der Waals surface area contributed by atoms with E-state index in [1.165, 1.54) is 0 Å². The van der Waals surface area contributed by atoms with Gasteiger partial charge in [-0.1, -0.05) is 6.07 Å². The lowest BCUT2D eigenvalue weighted by Gasteiger charge is -2.34. The fraction of sp³-hybridized carbons (Fsp3) is 0.647. The molecule has 0 radical (unpaired) electrons. The summed E-state index contributed by atoms with van der Waals surface area (Å²) < 4.78 is 28.2. The zero-order chi connectivity index (χ0) is 16.1. The number of hydrogen-bond acceptors (Lipinski definition) is 3. The van der Waals surface area contributed by atoms with Crippen LogP contribution in [0.2, 0.25) is 0 Å². The predicted molar refractivity (Wildman–Crippen MR) is 95.9 cm³/mol. The van der Waals surface area contributed by atoms with Crippen LogP contribution in [0.3, 0.4) is 0 Å². The van der Waals surface area contributed by atoms with Gasteiger partial charge in [-0.05, 0) is 75.3 Å². The molecule has 1 aromatic carbocycles. The van der Waals surface area contributed by atoms with E-state index in [0.29, 0.717) is 29.9 Å². The van der Waals surface area contributed by atoms with Crippen molar-refractivity contribution in [3.63, 3.8) is 0 Å². The standard InChI is InChI=1S/C17H26N2O2S.ClH/c1-11-9-12(2)14(4)17(13(11)3)22(20,21)19-8-6-16-15(10-19)5-7-18-16;/h9,15-16,18H,5-8,10H2,1-4H3;1H. The second-order valence-electron chi connectivity index (χ2n) is 6.85. The first-order chi connectivity index (χ1) is 10.3. The third-order valence-corrected chi connectivity index (χ3v) is 7.65. The molecule has 0 spiro atoms. The topological polar surface area (TPSA) is 49.4 Å². The van der Waals surface area contributed by atoms with Gasteiger partial charge >= 0.3 is 0 Å². The molecule has 2 fully saturated rings. The molecule has 23 heavy (non-hydrogen) atoms. The Morgan fingerprint density at radius 3 is 2.30 bits per heavy atom. The largest absolute Gasteiger partial charge is 0.314 e. The summed E-state index contributed by atoms with van der Waals surface area (Å²) in [5.74, 6) is 0.468. The second kappa shape index (κ2) is 6.71. The number of nitrogens with one attached hydrogen (secondary N) is 1. The number of hydrogen-bond donors (Lipinski definition) is 1. The molecule has 1 N–H and O–H groups in total. The molecule has 3 rings (SSSR count). The van der Waals surface area contributed by atoms with Crippen LogP contribution >= 0.6 is 12.4 Å². The van der Waals surface area contributed by atoms with Crippen LogP contribution in [-0.2, 0) is 10.0 Å². The van der Waals surface area contributed by atoms with Crippen LogP contribution in [0.25, 0.3) is 0 Å². The molecule has 2 aliphatic heterocycles. The van der Waals surface area contributed by atoms with Crippen LogP contribution in [0.5, 0.6) is 0 Å². The highest BCUT2D eigenvalue weighted by molar-refractivity contribution is 7.89. The van der Waals surface area contributed by atoms with Gasteiger partial charge in [0.05, 0.1) is 4.90 Å². The van der Waals surface area contributed by atoms with Gasteiger partial charge in [-0.2, -0.15) is 4.31 Å². The minimum Gasteiger partial charge on any atom is -0.314 e. The summed E-state index contributed by atoms with van der Waals surface area (Å²) in [6.45, 7) is 10.2. The molecule has 2 unspecified atom stereocenters. The highest BCUT2D eigenvalue weighted by atomic mass is 35.5. The summed E-state index contributed by atoms with van der Waals surface area (Å²) >= 11 is 0. The Hall–Kier alpha value is -0.620. The summed E-state index contributed by atoms with van der Waals surface area (Å²) in [6, 6.07) is 2.59. The number of piperidine rings is 1. The maximum absolute atomic E-state index is 13.2. The van der Waals surface area contributed by atoms with Gasteiger partial charge in [-0.15, -0.1) is 12.4 Å². The van der Waals surface area contributed by atoms with Gasteiger partial charge in [0, 0.05) is 19.1 Å². The zero-order valence-electron chi connectivity index (χ0n) is 14.3. The van der Waals surface area contributed by atoms with E-state index < -0.39 is 10.0 Å². The minimum atomic E-state index is -3.40. The van der Waals surface area contributed by atoms with Crippen LogP contribution in [0.15, 0.2) is 11.0 Å². The Kier molecular flexibility index (Phi) is 5.46. The number of sulfonamides is 1. The van der Waals surface area contributed by atoms with Gasteiger partial charge in [-0.3, -0.25) is 0 Å². The molecular weight excluding hydrogens is 332 g/mol. The molecule has 0 amide bonds. The first kappa shape index (κ1) is 18.7. The molecule has 2 saturated heterocycles. The van der Waals surface area contributed by atoms with E-state index in [2.05, 4.69) is 11.4 Å². The van der Waals surface area contributed by atoms with Gasteiger partial charge in [0.25, 0.3) is 0 Å². The summed E-state index contributed by atoms with van der Waals surface area (Å²) in [5, 5.41) is 3.49. The molecule has 1 aromatic rings. The average molecular weight is 359 g/mol. The number of fused-ring (bicyclic) bond motifs is 1. The molecule has 0 bridgehead atoms. The molecule has 0 aromatic heterocycles. The van der Waals surface area contributed by atoms with Crippen molar-refractivity contribution in [2.24, 2.45) is 5.92 Å². The van der Waals surface area contributed by atoms with Crippen LogP contribution in [-0.4, -0.2) is 38.4 Å². The molecule has 0 saturated carbocycles. The van der Waals surface area contributed by atoms with Crippen molar-refractivity contribution in [2.75, 3.05) is 19.6 Å². The summed E-state index contributed by atoms with van der Waals surface area (Å²) in [7, 11) is -3.40. The molecule has 4 nitrogen and oxygen atoms in total. The Bertz CT molecular complexity index is 677. The fourth-order valence-corrected chi connectivity index (χ4v) is 6.02. The smallest absolute Gasteiger partial charge is 0.243 e. The van der Waals surface area contributed by atoms with E-state index in [4.69, 9.17) is 0 Å². The second-order valence-corrected chi connectivity index (χ2v) is 8.73. The summed E-state index contributed by atoms with van der Waals surface area (Å²) in [6.07, 6.45) is 2.01. The Morgan fingerprint density at radius 1 is 1.09 bits per heavy atom. The van der Waals surface area contributed by atoms with Gasteiger partial charge < -0.3 is 5.32 Å². The highest BCUT2D eigenvalue weighted by Gasteiger charge is 2.38. The van der Waals surface area contributed by atoms with Crippen molar-refractivity contribution in [1.82, 2.24) is 9.62 Å². The van der Waals surface area contributed by atoms with Crippen molar-refractivity contribution in [3.05, 3.63) is 28.3 Å². The maximum atomic E-state index is 13.2. The molecular formula is C17H27ClN2O2S. The monoisotopic (exact) mass is 358 g/mol. The molecule has 2 aliphatic rings. The summed E-state index contributed by atoms with van der Waals surface area (Å²) in [5.41, 5.74) is 3.91. The molecule has 130 valence electrons. The van der Waals surface area contributed by atoms with E-state index in [0.717, 1.165) is 41.6 Å². The lowest BCUT2D eigenvalue weighted by atomic mass is 9.95. The van der Waals surface area contributed by atoms with Crippen LogP contribution < -0.4 is 5.32 Å². The van der Waals surface area contributed by atoms with E-state index in [1.807, 2.05) is 27.7 Å². The average Bonchev–Trinajstić information content (AvgIpc) is 2.92. The first-order valence-corrected chi connectivity index (χ1v) is 9.57. The van der Waals surface area contributed by atoms with E-state index in [-0.39, 0.29) is 12.4 Å². The SMILES string of the molecule is Cc1cc(C)c(C)c(S(=O)(=O)N2CCC3NCCC3C2)c1C.Cl. The molecule has 6 heteroatoms. The van der Waals surface area contributed by atoms with E-state index in [9.17, 15) is 8.42 Å². The first-order valence-electron chi connectivity index (χ1n) is 8.13. The van der Waals surface area contributed by atoms with Crippen molar-refractivity contribution < 1.29 is 8.42 Å². The predicted octanol–water partition coefficient (Wildman–Crippen LogP) is 2.71. The number of halogens is 1. The number of nitrogens with zero attached hydrogens (tertiary/aromatic N) is 1. The van der Waals surface area contributed by atoms with E-state index >= 15 is 0 Å². The number of benzene rings is 1. The van der Waals surface area contributed by atoms with Crippen molar-refractivity contribution in [1.29, 1.82) is 0 Å². The quantitative estimate of drug-likeness (QED) is 0.884. The molecule has 0 aliphatic carbocycles. The Balaban J connectivity index is 0.00000192. The van der Waals surface area contributed by atoms with Crippen LogP contribution in [0.1, 0.15) is 35.1 Å². The van der Waals surface area contributed by atoms with Crippen molar-refractivity contribution in [2.45, 2.75) is 51.5 Å². The third kappa shape index (κ3) is 3.16. The maximum Gasteiger partial charge on any atom is 0.243 e. The van der Waals surface area contributed by atoms with Gasteiger partial charge in [0.1, 0.15) is 0 Å². The van der Waals surface area contributed by atoms with Crippen LogP contribution in [0.4, 0.5) is 0 Å². The van der Waals surface area contributed by atoms with Crippen molar-refractivity contribution >= 4 is 22.4 Å². The Morgan fingerprint density at radius 2 is 1.70 bits per heavy atom.